The minimum absolute atomic E-state index is 0. The minimum Gasteiger partial charge on any atom is -0.506 e. The molecule has 3 aromatic heterocycles. The first-order chi connectivity index (χ1) is 17.3. The second-order valence-corrected chi connectivity index (χ2v) is 8.26. The van der Waals surface area contributed by atoms with E-state index in [1.54, 1.807) is 12.3 Å². The fourth-order valence-electron chi connectivity index (χ4n) is 4.46. The van der Waals surface area contributed by atoms with Crippen LogP contribution in [0.4, 0.5) is 0 Å². The quantitative estimate of drug-likeness (QED) is 0.218. The second-order valence-electron chi connectivity index (χ2n) is 8.26. The molecule has 6 aromatic rings. The zero-order chi connectivity index (χ0) is 23.6. The van der Waals surface area contributed by atoms with Gasteiger partial charge < -0.3 is 5.11 Å². The molecule has 0 spiro atoms. The van der Waals surface area contributed by atoms with Crippen molar-refractivity contribution in [3.05, 3.63) is 122 Å². The van der Waals surface area contributed by atoms with Gasteiger partial charge in [0.15, 0.2) is 0 Å². The van der Waals surface area contributed by atoms with Crippen molar-refractivity contribution >= 4 is 10.9 Å². The average molecular weight is 644 g/mol. The summed E-state index contributed by atoms with van der Waals surface area (Å²) in [5.74, 6) is 0.148. The molecule has 0 atom stereocenters. The summed E-state index contributed by atoms with van der Waals surface area (Å²) in [5.41, 5.74) is 7.83. The molecule has 6 rings (SSSR count). The summed E-state index contributed by atoms with van der Waals surface area (Å²) in [6.45, 7) is 0. The number of fused-ring (bicyclic) bond motifs is 1. The predicted molar refractivity (Wildman–Crippen MR) is 141 cm³/mol. The summed E-state index contributed by atoms with van der Waals surface area (Å²) in [4.78, 5) is 14.5. The Bertz CT molecular complexity index is 1650. The number of hydrogen-bond donors (Lipinski definition) is 1. The molecule has 0 aliphatic carbocycles. The van der Waals surface area contributed by atoms with Crippen LogP contribution in [0.5, 0.6) is 5.75 Å². The van der Waals surface area contributed by atoms with Gasteiger partial charge in [-0.15, -0.1) is 0 Å². The Morgan fingerprint density at radius 3 is 1.72 bits per heavy atom. The van der Waals surface area contributed by atoms with Crippen molar-refractivity contribution in [2.45, 2.75) is 0 Å². The van der Waals surface area contributed by atoms with Crippen LogP contribution in [0.2, 0.25) is 0 Å². The summed E-state index contributed by atoms with van der Waals surface area (Å²) < 4.78 is 0. The number of pyridine rings is 3. The molecule has 0 amide bonds. The predicted octanol–water partition coefficient (Wildman–Crippen LogP) is 7.40. The molecule has 0 bridgehead atoms. The Hall–Kier alpha value is -4.18. The number of phenolic OH excluding ortho intramolecular Hbond substituents is 1. The third kappa shape index (κ3) is 4.31. The summed E-state index contributed by atoms with van der Waals surface area (Å²) in [6.07, 6.45) is 3.61. The molecule has 4 nitrogen and oxygen atoms in total. The van der Waals surface area contributed by atoms with Gasteiger partial charge in [-0.25, -0.2) is 4.98 Å². The van der Waals surface area contributed by atoms with E-state index in [1.807, 2.05) is 85.1 Å². The minimum atomic E-state index is 0. The van der Waals surface area contributed by atoms with Crippen molar-refractivity contribution < 1.29 is 25.2 Å². The molecule has 1 radical (unpaired) electrons. The number of aromatic hydroxyl groups is 1. The first-order valence-corrected chi connectivity index (χ1v) is 11.4. The number of rotatable bonds is 4. The van der Waals surface area contributed by atoms with E-state index in [1.165, 1.54) is 0 Å². The summed E-state index contributed by atoms with van der Waals surface area (Å²) in [6, 6.07) is 35.8. The standard InChI is InChI=1S/C31H21N3O.Ir/c35-27-17-7-14-23-20-26(24-15-8-18-32-28(24)21-10-3-1-4-11-21)31(34-30(23)27)25-16-9-19-33-29(25)22-12-5-2-6-13-22;/h1-20,35H;. The van der Waals surface area contributed by atoms with Crippen molar-refractivity contribution in [3.63, 3.8) is 0 Å². The van der Waals surface area contributed by atoms with Crippen LogP contribution in [0.15, 0.2) is 122 Å². The van der Waals surface area contributed by atoms with Crippen LogP contribution < -0.4 is 0 Å². The molecule has 0 aliphatic heterocycles. The fourth-order valence-corrected chi connectivity index (χ4v) is 4.46. The molecule has 0 fully saturated rings. The Morgan fingerprint density at radius 2 is 1.08 bits per heavy atom. The van der Waals surface area contributed by atoms with Gasteiger partial charge in [-0.1, -0.05) is 78.9 Å². The Morgan fingerprint density at radius 1 is 0.500 bits per heavy atom. The van der Waals surface area contributed by atoms with Crippen molar-refractivity contribution in [3.8, 4) is 50.6 Å². The van der Waals surface area contributed by atoms with Crippen molar-refractivity contribution in [1.29, 1.82) is 0 Å². The summed E-state index contributed by atoms with van der Waals surface area (Å²) >= 11 is 0. The van der Waals surface area contributed by atoms with Gasteiger partial charge in [-0.05, 0) is 30.3 Å². The van der Waals surface area contributed by atoms with Crippen molar-refractivity contribution in [1.82, 2.24) is 15.0 Å². The van der Waals surface area contributed by atoms with Gasteiger partial charge in [0.1, 0.15) is 11.3 Å². The van der Waals surface area contributed by atoms with Gasteiger partial charge in [-0.2, -0.15) is 0 Å². The average Bonchev–Trinajstić information content (AvgIpc) is 2.94. The monoisotopic (exact) mass is 644 g/mol. The van der Waals surface area contributed by atoms with Crippen molar-refractivity contribution in [2.75, 3.05) is 0 Å². The second kappa shape index (κ2) is 10.2. The van der Waals surface area contributed by atoms with Crippen LogP contribution in [0, 0.1) is 0 Å². The smallest absolute Gasteiger partial charge is 0.141 e. The number of hydrogen-bond acceptors (Lipinski definition) is 4. The van der Waals surface area contributed by atoms with Gasteiger partial charge in [-0.3, -0.25) is 9.97 Å². The number of para-hydroxylation sites is 1. The number of benzene rings is 3. The third-order valence-electron chi connectivity index (χ3n) is 6.08. The Kier molecular flexibility index (Phi) is 6.68. The van der Waals surface area contributed by atoms with E-state index in [2.05, 4.69) is 24.3 Å². The van der Waals surface area contributed by atoms with Crippen LogP contribution >= 0.6 is 0 Å². The first kappa shape index (κ1) is 23.6. The van der Waals surface area contributed by atoms with Crippen LogP contribution in [0.3, 0.4) is 0 Å². The maximum Gasteiger partial charge on any atom is 0.141 e. The van der Waals surface area contributed by atoms with Crippen LogP contribution in [-0.4, -0.2) is 20.1 Å². The molecular weight excluding hydrogens is 623 g/mol. The maximum atomic E-state index is 10.6. The topological polar surface area (TPSA) is 58.9 Å². The molecule has 36 heavy (non-hydrogen) atoms. The number of nitrogens with zero attached hydrogens (tertiary/aromatic N) is 3. The van der Waals surface area contributed by atoms with Crippen molar-refractivity contribution in [2.24, 2.45) is 0 Å². The third-order valence-corrected chi connectivity index (χ3v) is 6.08. The molecule has 0 saturated heterocycles. The van der Waals surface area contributed by atoms with Gasteiger partial charge in [0.2, 0.25) is 0 Å². The summed E-state index contributed by atoms with van der Waals surface area (Å²) in [5, 5.41) is 11.5. The zero-order valence-corrected chi connectivity index (χ0v) is 21.6. The van der Waals surface area contributed by atoms with Crippen LogP contribution in [-0.2, 0) is 20.1 Å². The maximum absolute atomic E-state index is 10.6. The fraction of sp³-hybridized carbons (Fsp3) is 0. The van der Waals surface area contributed by atoms with Gasteiger partial charge in [0.05, 0.1) is 17.1 Å². The van der Waals surface area contributed by atoms with Gasteiger partial charge in [0, 0.05) is 65.7 Å². The summed E-state index contributed by atoms with van der Waals surface area (Å²) in [7, 11) is 0. The van der Waals surface area contributed by atoms with E-state index in [0.717, 1.165) is 50.3 Å². The number of phenols is 1. The molecular formula is C31H21IrN3O. The van der Waals surface area contributed by atoms with E-state index in [-0.39, 0.29) is 25.9 Å². The molecule has 1 N–H and O–H groups in total. The molecule has 3 aromatic carbocycles. The largest absolute Gasteiger partial charge is 0.506 e. The van der Waals surface area contributed by atoms with Gasteiger partial charge >= 0.3 is 0 Å². The van der Waals surface area contributed by atoms with E-state index in [9.17, 15) is 5.11 Å². The van der Waals surface area contributed by atoms with Gasteiger partial charge in [0.25, 0.3) is 0 Å². The molecule has 0 aliphatic rings. The molecule has 0 saturated carbocycles. The zero-order valence-electron chi connectivity index (χ0n) is 19.2. The molecule has 3 heterocycles. The van der Waals surface area contributed by atoms with E-state index in [0.29, 0.717) is 5.52 Å². The van der Waals surface area contributed by atoms with Crippen LogP contribution in [0.25, 0.3) is 55.8 Å². The Balaban J connectivity index is 0.00000267. The normalized spacial score (nSPS) is 10.7. The molecule has 5 heteroatoms. The first-order valence-electron chi connectivity index (χ1n) is 11.4. The van der Waals surface area contributed by atoms with Crippen LogP contribution in [0.1, 0.15) is 0 Å². The SMILES string of the molecule is Oc1cccc2cc(-c3cccnc3-c3ccccc3)c(-c3cccnc3-c3ccccc3)nc12.[Ir]. The van der Waals surface area contributed by atoms with E-state index < -0.39 is 0 Å². The molecule has 0 unspecified atom stereocenters. The Labute approximate surface area is 222 Å². The molecule has 175 valence electrons. The van der Waals surface area contributed by atoms with E-state index >= 15 is 0 Å². The van der Waals surface area contributed by atoms with E-state index in [4.69, 9.17) is 15.0 Å². The number of aromatic nitrogens is 3.